The molecular weight excluding hydrogens is 544 g/mol. The molecule has 0 spiro atoms. The number of likely N-dealkylation sites (tertiary alicyclic amines) is 1. The molecule has 2 aromatic carbocycles. The van der Waals surface area contributed by atoms with Crippen molar-refractivity contribution in [3.8, 4) is 11.6 Å². The van der Waals surface area contributed by atoms with Gasteiger partial charge in [-0.05, 0) is 49.1 Å². The van der Waals surface area contributed by atoms with Crippen LogP contribution < -0.4 is 20.4 Å². The number of carbonyl (C=O) groups is 1. The molecule has 0 atom stereocenters. The molecule has 0 unspecified atom stereocenters. The van der Waals surface area contributed by atoms with E-state index >= 15 is 0 Å². The van der Waals surface area contributed by atoms with Crippen molar-refractivity contribution in [3.05, 3.63) is 90.7 Å². The zero-order valence-corrected chi connectivity index (χ0v) is 22.2. The third-order valence-corrected chi connectivity index (χ3v) is 7.54. The third-order valence-electron chi connectivity index (χ3n) is 6.79. The predicted octanol–water partition coefficient (Wildman–Crippen LogP) is 3.86. The lowest BCUT2D eigenvalue weighted by molar-refractivity contribution is 0.0881. The van der Waals surface area contributed by atoms with E-state index in [9.17, 15) is 28.3 Å². The minimum atomic E-state index is -0.562. The van der Waals surface area contributed by atoms with Gasteiger partial charge in [0.25, 0.3) is 5.91 Å². The molecule has 0 saturated carbocycles. The second-order valence-corrected chi connectivity index (χ2v) is 10.4. The zero-order chi connectivity index (χ0) is 28.2. The van der Waals surface area contributed by atoms with Gasteiger partial charge in [0.2, 0.25) is 5.88 Å². The Hall–Kier alpha value is -4.03. The van der Waals surface area contributed by atoms with Crippen molar-refractivity contribution in [2.24, 2.45) is 0 Å². The van der Waals surface area contributed by atoms with Crippen molar-refractivity contribution in [1.29, 1.82) is 0 Å². The molecule has 1 saturated heterocycles. The summed E-state index contributed by atoms with van der Waals surface area (Å²) in [5, 5.41) is 14.1. The van der Waals surface area contributed by atoms with Gasteiger partial charge in [-0.25, -0.2) is 8.78 Å². The summed E-state index contributed by atoms with van der Waals surface area (Å²) in [6.45, 7) is 2.35. The number of aromatic nitrogens is 1. The van der Waals surface area contributed by atoms with E-state index in [4.69, 9.17) is 9.15 Å². The molecule has 5 rings (SSSR count). The van der Waals surface area contributed by atoms with E-state index in [0.717, 1.165) is 35.1 Å². The monoisotopic (exact) mass is 571 g/mol. The van der Waals surface area contributed by atoms with E-state index in [2.05, 4.69) is 10.2 Å². The van der Waals surface area contributed by atoms with Gasteiger partial charge in [0.15, 0.2) is 22.8 Å². The third kappa shape index (κ3) is 6.40. The van der Waals surface area contributed by atoms with Crippen LogP contribution in [0.4, 0.5) is 8.78 Å². The average Bonchev–Trinajstić information content (AvgIpc) is 3.25. The molecule has 210 valence electrons. The molecule has 9 nitrogen and oxygen atoms in total. The van der Waals surface area contributed by atoms with Crippen molar-refractivity contribution >= 4 is 28.2 Å². The standard InChI is InChI=1S/C28H27F2N3O6S/c29-18-3-4-20-22(34)14-25(39-24(20)13-18)27(36)31-19-6-9-32(10-7-19)15-17-2-5-23(21(30)12-17)38-11-1-8-33-26(35)16-40-28(33)37/h2-5,12-14,16,19,35H,1,6-11,15H2,(H,31,36). The van der Waals surface area contributed by atoms with Crippen molar-refractivity contribution in [2.75, 3.05) is 19.7 Å². The smallest absolute Gasteiger partial charge is 0.309 e. The molecule has 0 bridgehead atoms. The molecule has 2 N–H and O–H groups in total. The van der Waals surface area contributed by atoms with Crippen molar-refractivity contribution in [3.63, 3.8) is 0 Å². The van der Waals surface area contributed by atoms with Gasteiger partial charge in [0.05, 0.1) is 17.4 Å². The summed E-state index contributed by atoms with van der Waals surface area (Å²) in [4.78, 5) is 38.5. The van der Waals surface area contributed by atoms with E-state index in [1.165, 1.54) is 22.1 Å². The molecule has 0 aliphatic carbocycles. The van der Waals surface area contributed by atoms with Crippen LogP contribution in [-0.2, 0) is 13.1 Å². The molecule has 40 heavy (non-hydrogen) atoms. The Bertz CT molecular complexity index is 1640. The largest absolute Gasteiger partial charge is 0.494 e. The summed E-state index contributed by atoms with van der Waals surface area (Å²) in [5.41, 5.74) is 0.388. The Kier molecular flexibility index (Phi) is 8.27. The van der Waals surface area contributed by atoms with Crippen LogP contribution in [-0.4, -0.2) is 46.2 Å². The Morgan fingerprint density at radius 1 is 1.12 bits per heavy atom. The summed E-state index contributed by atoms with van der Waals surface area (Å²) in [6, 6.07) is 9.36. The van der Waals surface area contributed by atoms with Crippen LogP contribution in [0.5, 0.6) is 11.6 Å². The SMILES string of the molecule is O=C(NC1CCN(Cc2ccc(OCCCn3c(O)csc3=O)c(F)c2)CC1)c1cc(=O)c2ccc(F)cc2o1. The van der Waals surface area contributed by atoms with Gasteiger partial charge in [0, 0.05) is 44.4 Å². The molecule has 1 aliphatic rings. The number of rotatable bonds is 9. The number of fused-ring (bicyclic) bond motifs is 1. The van der Waals surface area contributed by atoms with Crippen LogP contribution in [0.3, 0.4) is 0 Å². The topological polar surface area (TPSA) is 114 Å². The first-order valence-corrected chi connectivity index (χ1v) is 13.7. The first-order valence-electron chi connectivity index (χ1n) is 12.8. The molecule has 4 aromatic rings. The van der Waals surface area contributed by atoms with E-state index in [0.29, 0.717) is 38.9 Å². The van der Waals surface area contributed by atoms with E-state index in [1.807, 2.05) is 0 Å². The number of thiazole rings is 1. The molecular formula is C28H27F2N3O6S. The quantitative estimate of drug-likeness (QED) is 0.293. The molecule has 1 aliphatic heterocycles. The fraction of sp³-hybridized carbons (Fsp3) is 0.321. The first kappa shape index (κ1) is 27.5. The highest BCUT2D eigenvalue weighted by Crippen LogP contribution is 2.22. The van der Waals surface area contributed by atoms with Crippen LogP contribution in [0.1, 0.15) is 35.4 Å². The number of piperidine rings is 1. The number of nitrogens with zero attached hydrogens (tertiary/aromatic N) is 2. The predicted molar refractivity (Wildman–Crippen MR) is 145 cm³/mol. The lowest BCUT2D eigenvalue weighted by Gasteiger charge is -2.32. The second kappa shape index (κ2) is 12.0. The molecule has 2 aromatic heterocycles. The van der Waals surface area contributed by atoms with Gasteiger partial charge >= 0.3 is 4.87 Å². The second-order valence-electron chi connectivity index (χ2n) is 9.62. The maximum Gasteiger partial charge on any atom is 0.309 e. The minimum Gasteiger partial charge on any atom is -0.494 e. The van der Waals surface area contributed by atoms with Gasteiger partial charge in [-0.2, -0.15) is 0 Å². The average molecular weight is 572 g/mol. The molecule has 12 heteroatoms. The fourth-order valence-corrected chi connectivity index (χ4v) is 5.33. The van der Waals surface area contributed by atoms with Crippen molar-refractivity contribution < 1.29 is 27.8 Å². The summed E-state index contributed by atoms with van der Waals surface area (Å²) in [6.07, 6.45) is 1.75. The maximum absolute atomic E-state index is 14.6. The highest BCUT2D eigenvalue weighted by molar-refractivity contribution is 7.07. The molecule has 1 amide bonds. The van der Waals surface area contributed by atoms with Crippen LogP contribution in [0.25, 0.3) is 11.0 Å². The minimum absolute atomic E-state index is 0.0200. The highest BCUT2D eigenvalue weighted by Gasteiger charge is 2.23. The first-order chi connectivity index (χ1) is 19.3. The van der Waals surface area contributed by atoms with E-state index in [-0.39, 0.29) is 52.4 Å². The number of hydrogen-bond donors (Lipinski definition) is 2. The Balaban J connectivity index is 1.08. The number of ether oxygens (including phenoxy) is 1. The molecule has 0 radical (unpaired) electrons. The van der Waals surface area contributed by atoms with Gasteiger partial charge in [-0.15, -0.1) is 0 Å². The number of nitrogens with one attached hydrogen (secondary N) is 1. The van der Waals surface area contributed by atoms with Crippen LogP contribution >= 0.6 is 11.3 Å². The normalized spacial score (nSPS) is 14.4. The van der Waals surface area contributed by atoms with Gasteiger partial charge in [0.1, 0.15) is 11.4 Å². The Morgan fingerprint density at radius 2 is 1.93 bits per heavy atom. The molecule has 3 heterocycles. The van der Waals surface area contributed by atoms with E-state index < -0.39 is 23.0 Å². The summed E-state index contributed by atoms with van der Waals surface area (Å²) < 4.78 is 40.4. The summed E-state index contributed by atoms with van der Waals surface area (Å²) >= 11 is 0.916. The number of benzene rings is 2. The van der Waals surface area contributed by atoms with Crippen molar-refractivity contribution in [1.82, 2.24) is 14.8 Å². The lowest BCUT2D eigenvalue weighted by atomic mass is 10.0. The number of amides is 1. The van der Waals surface area contributed by atoms with Crippen LogP contribution in [0.2, 0.25) is 0 Å². The molecule has 1 fully saturated rings. The number of carbonyl (C=O) groups excluding carboxylic acids is 1. The van der Waals surface area contributed by atoms with E-state index in [1.54, 1.807) is 12.1 Å². The van der Waals surface area contributed by atoms with Crippen LogP contribution in [0, 0.1) is 11.6 Å². The van der Waals surface area contributed by atoms with Gasteiger partial charge in [-0.1, -0.05) is 17.4 Å². The number of aromatic hydroxyl groups is 1. The lowest BCUT2D eigenvalue weighted by Crippen LogP contribution is -2.44. The maximum atomic E-state index is 14.6. The highest BCUT2D eigenvalue weighted by atomic mass is 32.1. The zero-order valence-electron chi connectivity index (χ0n) is 21.4. The Morgan fingerprint density at radius 3 is 2.65 bits per heavy atom. The number of halogens is 2. The summed E-state index contributed by atoms with van der Waals surface area (Å²) in [7, 11) is 0. The Labute approximate surface area is 231 Å². The fourth-order valence-electron chi connectivity index (χ4n) is 4.69. The van der Waals surface area contributed by atoms with Gasteiger partial charge in [-0.3, -0.25) is 23.9 Å². The van der Waals surface area contributed by atoms with Crippen LogP contribution in [0.15, 0.2) is 61.9 Å². The van der Waals surface area contributed by atoms with Crippen molar-refractivity contribution in [2.45, 2.75) is 38.4 Å². The summed E-state index contributed by atoms with van der Waals surface area (Å²) in [5.74, 6) is -1.70. The number of hydrogen-bond acceptors (Lipinski definition) is 8. The van der Waals surface area contributed by atoms with Gasteiger partial charge < -0.3 is 19.6 Å².